The second-order valence-electron chi connectivity index (χ2n) is 5.72. The Balaban J connectivity index is 1.91. The number of anilines is 2. The number of hydrogen-bond donors (Lipinski definition) is 3. The molecule has 4 nitrogen and oxygen atoms in total. The lowest BCUT2D eigenvalue weighted by Gasteiger charge is -2.27. The van der Waals surface area contributed by atoms with E-state index in [1.807, 2.05) is 25.3 Å². The summed E-state index contributed by atoms with van der Waals surface area (Å²) in [5.41, 5.74) is 8.89. The molecule has 0 spiro atoms. The van der Waals surface area contributed by atoms with E-state index in [1.54, 1.807) is 0 Å². The lowest BCUT2D eigenvalue weighted by Crippen LogP contribution is -2.28. The first-order valence-electron chi connectivity index (χ1n) is 7.23. The molecule has 106 valence electrons. The third-order valence-electron chi connectivity index (χ3n) is 4.13. The normalized spacial score (nSPS) is 22.9. The lowest BCUT2D eigenvalue weighted by atomic mass is 9.92. The van der Waals surface area contributed by atoms with Crippen molar-refractivity contribution in [3.05, 3.63) is 30.1 Å². The van der Waals surface area contributed by atoms with Crippen molar-refractivity contribution in [2.45, 2.75) is 44.8 Å². The van der Waals surface area contributed by atoms with Crippen LogP contribution < -0.4 is 11.1 Å². The van der Waals surface area contributed by atoms with Gasteiger partial charge in [-0.25, -0.2) is 0 Å². The number of nitrogens with one attached hydrogen (secondary N) is 1. The Kier molecular flexibility index (Phi) is 3.49. The van der Waals surface area contributed by atoms with E-state index >= 15 is 0 Å². The van der Waals surface area contributed by atoms with Crippen molar-refractivity contribution >= 4 is 22.1 Å². The van der Waals surface area contributed by atoms with Crippen molar-refractivity contribution < 1.29 is 5.11 Å². The summed E-state index contributed by atoms with van der Waals surface area (Å²) in [6.45, 7) is 1.99. The van der Waals surface area contributed by atoms with Gasteiger partial charge in [-0.3, -0.25) is 4.98 Å². The van der Waals surface area contributed by atoms with Crippen molar-refractivity contribution in [1.29, 1.82) is 0 Å². The number of aliphatic hydroxyl groups is 1. The predicted molar refractivity (Wildman–Crippen MR) is 82.8 cm³/mol. The Morgan fingerprint density at radius 3 is 2.70 bits per heavy atom. The molecule has 0 amide bonds. The van der Waals surface area contributed by atoms with Gasteiger partial charge in [-0.15, -0.1) is 0 Å². The fourth-order valence-electron chi connectivity index (χ4n) is 2.93. The maximum absolute atomic E-state index is 9.59. The summed E-state index contributed by atoms with van der Waals surface area (Å²) in [5.74, 6) is 0. The van der Waals surface area contributed by atoms with Gasteiger partial charge in [0.2, 0.25) is 0 Å². The Morgan fingerprint density at radius 1 is 1.20 bits per heavy atom. The topological polar surface area (TPSA) is 71.2 Å². The summed E-state index contributed by atoms with van der Waals surface area (Å²) in [5, 5.41) is 15.3. The summed E-state index contributed by atoms with van der Waals surface area (Å²) in [6, 6.07) is 6.48. The standard InChI is InChI=1S/C16H21N3O/c1-10-8-13-14(9-18-10)15(17)6-7-16(13)19-11-2-4-12(20)5-3-11/h6-9,11-12,19-20H,2-5,17H2,1H3. The largest absolute Gasteiger partial charge is 0.398 e. The highest BCUT2D eigenvalue weighted by atomic mass is 16.3. The molecular weight excluding hydrogens is 250 g/mol. The fourth-order valence-corrected chi connectivity index (χ4v) is 2.93. The van der Waals surface area contributed by atoms with Crippen LogP contribution in [0.5, 0.6) is 0 Å². The minimum absolute atomic E-state index is 0.123. The molecule has 20 heavy (non-hydrogen) atoms. The van der Waals surface area contributed by atoms with Crippen LogP contribution in [0.1, 0.15) is 31.4 Å². The molecule has 4 N–H and O–H groups in total. The Hall–Kier alpha value is -1.81. The van der Waals surface area contributed by atoms with E-state index in [0.29, 0.717) is 6.04 Å². The zero-order valence-corrected chi connectivity index (χ0v) is 11.8. The predicted octanol–water partition coefficient (Wildman–Crippen LogP) is 2.84. The van der Waals surface area contributed by atoms with Crippen LogP contribution in [-0.2, 0) is 0 Å². The molecular formula is C16H21N3O. The van der Waals surface area contributed by atoms with Gasteiger partial charge in [-0.1, -0.05) is 0 Å². The average Bonchev–Trinajstić information content (AvgIpc) is 2.44. The summed E-state index contributed by atoms with van der Waals surface area (Å²) in [7, 11) is 0. The van der Waals surface area contributed by atoms with Crippen LogP contribution in [0.15, 0.2) is 24.4 Å². The van der Waals surface area contributed by atoms with Crippen LogP contribution >= 0.6 is 0 Å². The van der Waals surface area contributed by atoms with Gasteiger partial charge in [0.1, 0.15) is 0 Å². The minimum atomic E-state index is -0.123. The number of aromatic nitrogens is 1. The Bertz CT molecular complexity index is 618. The monoisotopic (exact) mass is 271 g/mol. The molecule has 1 aliphatic rings. The van der Waals surface area contributed by atoms with Crippen molar-refractivity contribution in [3.63, 3.8) is 0 Å². The number of hydrogen-bond acceptors (Lipinski definition) is 4. The zero-order chi connectivity index (χ0) is 14.1. The highest BCUT2D eigenvalue weighted by Gasteiger charge is 2.19. The SMILES string of the molecule is Cc1cc2c(NC3CCC(O)CC3)ccc(N)c2cn1. The number of nitrogen functional groups attached to an aromatic ring is 1. The van der Waals surface area contributed by atoms with Crippen molar-refractivity contribution in [1.82, 2.24) is 4.98 Å². The number of aryl methyl sites for hydroxylation is 1. The number of aliphatic hydroxyl groups excluding tert-OH is 1. The van der Waals surface area contributed by atoms with Crippen LogP contribution in [0.4, 0.5) is 11.4 Å². The molecule has 0 radical (unpaired) electrons. The molecule has 2 aromatic rings. The molecule has 1 heterocycles. The maximum Gasteiger partial charge on any atom is 0.0541 e. The smallest absolute Gasteiger partial charge is 0.0541 e. The highest BCUT2D eigenvalue weighted by Crippen LogP contribution is 2.30. The molecule has 1 saturated carbocycles. The molecule has 1 aliphatic carbocycles. The minimum Gasteiger partial charge on any atom is -0.398 e. The summed E-state index contributed by atoms with van der Waals surface area (Å²) >= 11 is 0. The van der Waals surface area contributed by atoms with Crippen LogP contribution in [0.25, 0.3) is 10.8 Å². The molecule has 0 saturated heterocycles. The molecule has 0 aliphatic heterocycles. The van der Waals surface area contributed by atoms with Gasteiger partial charge in [-0.2, -0.15) is 0 Å². The second kappa shape index (κ2) is 5.29. The number of pyridine rings is 1. The van der Waals surface area contributed by atoms with Gasteiger partial charge in [0.15, 0.2) is 0 Å². The number of fused-ring (bicyclic) bond motifs is 1. The van der Waals surface area contributed by atoms with Crippen molar-refractivity contribution in [2.75, 3.05) is 11.1 Å². The zero-order valence-electron chi connectivity index (χ0n) is 11.8. The van der Waals surface area contributed by atoms with E-state index < -0.39 is 0 Å². The van der Waals surface area contributed by atoms with Gasteiger partial charge in [0, 0.05) is 40.1 Å². The van der Waals surface area contributed by atoms with Crippen LogP contribution in [0.3, 0.4) is 0 Å². The van der Waals surface area contributed by atoms with Gasteiger partial charge in [-0.05, 0) is 50.8 Å². The highest BCUT2D eigenvalue weighted by molar-refractivity contribution is 6.00. The lowest BCUT2D eigenvalue weighted by molar-refractivity contribution is 0.126. The van der Waals surface area contributed by atoms with E-state index in [0.717, 1.165) is 53.5 Å². The van der Waals surface area contributed by atoms with Gasteiger partial charge in [0.05, 0.1) is 6.10 Å². The molecule has 0 bridgehead atoms. The summed E-state index contributed by atoms with van der Waals surface area (Å²) in [4.78, 5) is 4.33. The average molecular weight is 271 g/mol. The van der Waals surface area contributed by atoms with Gasteiger partial charge in [0.25, 0.3) is 0 Å². The van der Waals surface area contributed by atoms with E-state index in [9.17, 15) is 5.11 Å². The first-order chi connectivity index (χ1) is 9.63. The Morgan fingerprint density at radius 2 is 1.95 bits per heavy atom. The molecule has 0 atom stereocenters. The Labute approximate surface area is 119 Å². The molecule has 1 aromatic carbocycles. The molecule has 0 unspecified atom stereocenters. The summed E-state index contributed by atoms with van der Waals surface area (Å²) in [6.07, 6.45) is 5.50. The van der Waals surface area contributed by atoms with E-state index in [1.165, 1.54) is 0 Å². The van der Waals surface area contributed by atoms with Crippen LogP contribution in [-0.4, -0.2) is 22.2 Å². The molecule has 1 aromatic heterocycles. The number of nitrogens with two attached hydrogens (primary N) is 1. The van der Waals surface area contributed by atoms with Crippen LogP contribution in [0.2, 0.25) is 0 Å². The maximum atomic E-state index is 9.59. The second-order valence-corrected chi connectivity index (χ2v) is 5.72. The first kappa shape index (κ1) is 13.2. The van der Waals surface area contributed by atoms with E-state index in [-0.39, 0.29) is 6.10 Å². The van der Waals surface area contributed by atoms with Crippen molar-refractivity contribution in [3.8, 4) is 0 Å². The van der Waals surface area contributed by atoms with Gasteiger partial charge < -0.3 is 16.2 Å². The van der Waals surface area contributed by atoms with Crippen LogP contribution in [0, 0.1) is 6.92 Å². The first-order valence-corrected chi connectivity index (χ1v) is 7.23. The number of nitrogens with zero attached hydrogens (tertiary/aromatic N) is 1. The molecule has 1 fully saturated rings. The van der Waals surface area contributed by atoms with Gasteiger partial charge >= 0.3 is 0 Å². The third-order valence-corrected chi connectivity index (χ3v) is 4.13. The molecule has 4 heteroatoms. The quantitative estimate of drug-likeness (QED) is 0.734. The van der Waals surface area contributed by atoms with E-state index in [2.05, 4.69) is 16.4 Å². The fraction of sp³-hybridized carbons (Fsp3) is 0.438. The number of benzene rings is 1. The third kappa shape index (κ3) is 2.56. The van der Waals surface area contributed by atoms with Crippen molar-refractivity contribution in [2.24, 2.45) is 0 Å². The van der Waals surface area contributed by atoms with E-state index in [4.69, 9.17) is 5.73 Å². The summed E-state index contributed by atoms with van der Waals surface area (Å²) < 4.78 is 0. The molecule has 3 rings (SSSR count). The number of rotatable bonds is 2.